The quantitative estimate of drug-likeness (QED) is 0.203. The van der Waals surface area contributed by atoms with Crippen LogP contribution >= 0.6 is 0 Å². The summed E-state index contributed by atoms with van der Waals surface area (Å²) in [4.78, 5) is 0. The molecule has 23 heavy (non-hydrogen) atoms. The summed E-state index contributed by atoms with van der Waals surface area (Å²) in [6, 6.07) is 0. The number of hydrogen-bond acceptors (Lipinski definition) is 11. The molecule has 0 spiro atoms. The molecule has 1 aliphatic heterocycles. The summed E-state index contributed by atoms with van der Waals surface area (Å²) < 4.78 is 9.99. The van der Waals surface area contributed by atoms with E-state index in [0.29, 0.717) is 0 Å². The molecule has 9 atom stereocenters. The average Bonchev–Trinajstić information content (AvgIpc) is 2.56. The highest BCUT2D eigenvalue weighted by molar-refractivity contribution is 4.89. The molecule has 9 N–H and O–H groups in total. The minimum Gasteiger partial charge on any atom is -0.394 e. The van der Waals surface area contributed by atoms with Crippen molar-refractivity contribution in [2.24, 2.45) is 0 Å². The molecule has 0 amide bonds. The first-order valence-corrected chi connectivity index (χ1v) is 6.99. The van der Waals surface area contributed by atoms with Crippen LogP contribution in [0, 0.1) is 0 Å². The van der Waals surface area contributed by atoms with Crippen molar-refractivity contribution in [3.63, 3.8) is 0 Å². The van der Waals surface area contributed by atoms with E-state index in [4.69, 9.17) is 19.7 Å². The highest BCUT2D eigenvalue weighted by atomic mass is 16.7. The van der Waals surface area contributed by atoms with Gasteiger partial charge < -0.3 is 55.4 Å². The van der Waals surface area contributed by atoms with Crippen molar-refractivity contribution in [2.45, 2.75) is 55.1 Å². The lowest BCUT2D eigenvalue weighted by atomic mass is 9.99. The second-order valence-corrected chi connectivity index (χ2v) is 5.33. The maximum atomic E-state index is 9.70. The first-order valence-electron chi connectivity index (χ1n) is 6.99. The Balaban J connectivity index is 2.55. The lowest BCUT2D eigenvalue weighted by molar-refractivity contribution is -0.306. The smallest absolute Gasteiger partial charge is 0.186 e. The van der Waals surface area contributed by atoms with Gasteiger partial charge in [0, 0.05) is 0 Å². The average molecular weight is 344 g/mol. The molecule has 0 bridgehead atoms. The predicted octanol–water partition coefficient (Wildman–Crippen LogP) is -5.76. The fraction of sp³-hybridized carbons (Fsp3) is 1.00. The molecule has 1 saturated heterocycles. The highest BCUT2D eigenvalue weighted by Crippen LogP contribution is 2.22. The van der Waals surface area contributed by atoms with Gasteiger partial charge in [0.15, 0.2) is 6.29 Å². The molecule has 1 aliphatic rings. The Morgan fingerprint density at radius 2 is 1.39 bits per heavy atom. The van der Waals surface area contributed by atoms with Crippen molar-refractivity contribution in [2.75, 3.05) is 19.8 Å². The van der Waals surface area contributed by atoms with Crippen LogP contribution in [0.5, 0.6) is 0 Å². The fourth-order valence-electron chi connectivity index (χ4n) is 2.06. The van der Waals surface area contributed by atoms with E-state index in [1.54, 1.807) is 0 Å². The lowest BCUT2D eigenvalue weighted by Gasteiger charge is -2.40. The summed E-state index contributed by atoms with van der Waals surface area (Å²) in [5.74, 6) is 0. The lowest BCUT2D eigenvalue weighted by Crippen LogP contribution is -2.59. The van der Waals surface area contributed by atoms with Gasteiger partial charge in [-0.1, -0.05) is 0 Å². The van der Waals surface area contributed by atoms with E-state index >= 15 is 0 Å². The predicted molar refractivity (Wildman–Crippen MR) is 70.8 cm³/mol. The van der Waals surface area contributed by atoms with Gasteiger partial charge >= 0.3 is 0 Å². The first kappa shape index (κ1) is 20.6. The Morgan fingerprint density at radius 1 is 0.826 bits per heavy atom. The Morgan fingerprint density at radius 3 is 1.91 bits per heavy atom. The van der Waals surface area contributed by atoms with Gasteiger partial charge in [0.2, 0.25) is 0 Å². The van der Waals surface area contributed by atoms with Gasteiger partial charge in [-0.3, -0.25) is 0 Å². The number of aliphatic hydroxyl groups excluding tert-OH is 9. The van der Waals surface area contributed by atoms with Crippen LogP contribution in [-0.2, 0) is 9.47 Å². The van der Waals surface area contributed by atoms with Gasteiger partial charge in [0.05, 0.1) is 19.8 Å². The topological polar surface area (TPSA) is 201 Å². The molecule has 0 aromatic rings. The Bertz CT molecular complexity index is 341. The second-order valence-electron chi connectivity index (χ2n) is 5.33. The van der Waals surface area contributed by atoms with E-state index in [1.165, 1.54) is 0 Å². The molecule has 0 aromatic carbocycles. The largest absolute Gasteiger partial charge is 0.394 e. The molecule has 11 nitrogen and oxygen atoms in total. The summed E-state index contributed by atoms with van der Waals surface area (Å²) in [7, 11) is 0. The van der Waals surface area contributed by atoms with Crippen LogP contribution in [0.1, 0.15) is 0 Å². The van der Waals surface area contributed by atoms with Crippen molar-refractivity contribution in [1.82, 2.24) is 0 Å². The zero-order chi connectivity index (χ0) is 17.7. The van der Waals surface area contributed by atoms with Crippen LogP contribution in [0.25, 0.3) is 0 Å². The Kier molecular flexibility index (Phi) is 8.20. The van der Waals surface area contributed by atoms with Crippen LogP contribution in [0.15, 0.2) is 0 Å². The molecular weight excluding hydrogens is 320 g/mol. The van der Waals surface area contributed by atoms with Gasteiger partial charge in [0.1, 0.15) is 48.8 Å². The van der Waals surface area contributed by atoms with Crippen LogP contribution in [0.4, 0.5) is 0 Å². The standard InChI is InChI=1S/C12H24O11/c13-1-4(15)7(17)8(18)5(16)3-22-12-11(21)10(20)9(19)6(2-14)23-12/h4-21H,1-3H2/t4-,5-,6?,7+,8+,9+,10-,11?,12-/m0/s1. The Labute approximate surface area is 131 Å². The maximum Gasteiger partial charge on any atom is 0.186 e. The SMILES string of the molecule is OCC1O[C@H](OC[C@H](O)[C@@H](O)[C@H](O)[C@@H](O)CO)C(O)[C@@H](O)[C@@H]1O. The summed E-state index contributed by atoms with van der Waals surface area (Å²) in [6.07, 6.45) is -14.7. The van der Waals surface area contributed by atoms with Crippen LogP contribution < -0.4 is 0 Å². The van der Waals surface area contributed by atoms with E-state index in [9.17, 15) is 35.7 Å². The second kappa shape index (κ2) is 9.15. The Hall–Kier alpha value is -0.440. The maximum absolute atomic E-state index is 9.70. The summed E-state index contributed by atoms with van der Waals surface area (Å²) >= 11 is 0. The fourth-order valence-corrected chi connectivity index (χ4v) is 2.06. The van der Waals surface area contributed by atoms with E-state index in [1.807, 2.05) is 0 Å². The third kappa shape index (κ3) is 5.01. The molecule has 11 heteroatoms. The summed E-state index contributed by atoms with van der Waals surface area (Å²) in [6.45, 7) is -2.16. The zero-order valence-electron chi connectivity index (χ0n) is 12.2. The van der Waals surface area contributed by atoms with E-state index < -0.39 is 74.9 Å². The van der Waals surface area contributed by atoms with Gasteiger partial charge in [-0.25, -0.2) is 0 Å². The molecule has 0 aliphatic carbocycles. The summed E-state index contributed by atoms with van der Waals surface area (Å²) in [5.41, 5.74) is 0. The highest BCUT2D eigenvalue weighted by Gasteiger charge is 2.44. The van der Waals surface area contributed by atoms with Crippen molar-refractivity contribution >= 4 is 0 Å². The number of hydrogen-bond donors (Lipinski definition) is 9. The number of aliphatic hydroxyl groups is 9. The molecule has 1 rings (SSSR count). The van der Waals surface area contributed by atoms with Crippen LogP contribution in [-0.4, -0.2) is 121 Å². The molecule has 1 fully saturated rings. The van der Waals surface area contributed by atoms with Gasteiger partial charge in [-0.2, -0.15) is 0 Å². The molecule has 1 heterocycles. The zero-order valence-corrected chi connectivity index (χ0v) is 12.2. The van der Waals surface area contributed by atoms with Gasteiger partial charge in [-0.05, 0) is 0 Å². The van der Waals surface area contributed by atoms with Crippen molar-refractivity contribution < 1.29 is 55.4 Å². The van der Waals surface area contributed by atoms with Gasteiger partial charge in [-0.15, -0.1) is 0 Å². The number of rotatable bonds is 8. The molecule has 0 aromatic heterocycles. The van der Waals surface area contributed by atoms with E-state index in [0.717, 1.165) is 0 Å². The minimum atomic E-state index is -1.86. The third-order valence-electron chi connectivity index (χ3n) is 3.61. The van der Waals surface area contributed by atoms with Gasteiger partial charge in [0.25, 0.3) is 0 Å². The summed E-state index contributed by atoms with van der Waals surface area (Å²) in [5, 5.41) is 84.4. The van der Waals surface area contributed by atoms with E-state index in [2.05, 4.69) is 0 Å². The number of ether oxygens (including phenoxy) is 2. The molecular formula is C12H24O11. The van der Waals surface area contributed by atoms with Crippen molar-refractivity contribution in [1.29, 1.82) is 0 Å². The molecule has 0 saturated carbocycles. The molecule has 0 radical (unpaired) electrons. The first-order chi connectivity index (χ1) is 10.7. The third-order valence-corrected chi connectivity index (χ3v) is 3.61. The normalized spacial score (nSPS) is 37.2. The van der Waals surface area contributed by atoms with Crippen molar-refractivity contribution in [3.8, 4) is 0 Å². The van der Waals surface area contributed by atoms with Crippen molar-refractivity contribution in [3.05, 3.63) is 0 Å². The molecule has 2 unspecified atom stereocenters. The van der Waals surface area contributed by atoms with E-state index in [-0.39, 0.29) is 0 Å². The minimum absolute atomic E-state index is 0.655. The molecule has 138 valence electrons. The van der Waals surface area contributed by atoms with Crippen LogP contribution in [0.2, 0.25) is 0 Å². The monoisotopic (exact) mass is 344 g/mol. The van der Waals surface area contributed by atoms with Crippen LogP contribution in [0.3, 0.4) is 0 Å².